The number of carbonyl (C=O) groups excluding carboxylic acids is 1. The molecule has 1 amide bonds. The Bertz CT molecular complexity index is 212. The van der Waals surface area contributed by atoms with Crippen LogP contribution in [0.4, 0.5) is 0 Å². The molecule has 0 spiro atoms. The molecule has 0 atom stereocenters. The van der Waals surface area contributed by atoms with E-state index in [1.165, 1.54) is 0 Å². The number of rotatable bonds is 0. The van der Waals surface area contributed by atoms with Crippen molar-refractivity contribution in [1.29, 1.82) is 0 Å². The number of carbonyl (C=O) groups is 1. The van der Waals surface area contributed by atoms with Gasteiger partial charge in [-0.15, -0.1) is 0 Å². The van der Waals surface area contributed by atoms with E-state index in [9.17, 15) is 4.79 Å². The van der Waals surface area contributed by atoms with Crippen LogP contribution < -0.4 is 5.32 Å². The van der Waals surface area contributed by atoms with E-state index in [1.54, 1.807) is 11.9 Å². The molecular formula is C7H12N2OS. The molecule has 0 saturated carbocycles. The molecule has 1 rings (SSSR count). The fourth-order valence-corrected chi connectivity index (χ4v) is 1.26. The average Bonchev–Trinajstić information content (AvgIpc) is 1.98. The van der Waals surface area contributed by atoms with Gasteiger partial charge in [-0.2, -0.15) is 0 Å². The number of amides is 1. The maximum Gasteiger partial charge on any atom is 0.236 e. The highest BCUT2D eigenvalue weighted by atomic mass is 32.1. The van der Waals surface area contributed by atoms with Crippen molar-refractivity contribution in [2.45, 2.75) is 13.8 Å². The van der Waals surface area contributed by atoms with Crippen LogP contribution in [0.25, 0.3) is 0 Å². The molecule has 62 valence electrons. The van der Waals surface area contributed by atoms with Crippen LogP contribution in [0.5, 0.6) is 0 Å². The lowest BCUT2D eigenvalue weighted by Gasteiger charge is -2.43. The Labute approximate surface area is 71.8 Å². The lowest BCUT2D eigenvalue weighted by Crippen LogP contribution is -2.62. The minimum absolute atomic E-state index is 0.108. The second-order valence-electron chi connectivity index (χ2n) is 3.33. The average molecular weight is 172 g/mol. The molecule has 0 unspecified atom stereocenters. The van der Waals surface area contributed by atoms with Crippen molar-refractivity contribution in [3.8, 4) is 0 Å². The van der Waals surface area contributed by atoms with Gasteiger partial charge in [0.2, 0.25) is 5.91 Å². The van der Waals surface area contributed by atoms with Crippen LogP contribution in [0, 0.1) is 5.41 Å². The summed E-state index contributed by atoms with van der Waals surface area (Å²) in [6.45, 7) is 4.57. The quantitative estimate of drug-likeness (QED) is 0.423. The molecular weight excluding hydrogens is 160 g/mol. The topological polar surface area (TPSA) is 32.3 Å². The fourth-order valence-electron chi connectivity index (χ4n) is 1.11. The van der Waals surface area contributed by atoms with E-state index in [4.69, 9.17) is 12.2 Å². The van der Waals surface area contributed by atoms with Crippen LogP contribution in [0.2, 0.25) is 0 Å². The smallest absolute Gasteiger partial charge is 0.236 e. The highest BCUT2D eigenvalue weighted by molar-refractivity contribution is 7.80. The van der Waals surface area contributed by atoms with Crippen LogP contribution in [-0.4, -0.2) is 29.5 Å². The first-order valence-electron chi connectivity index (χ1n) is 3.53. The molecule has 1 fully saturated rings. The lowest BCUT2D eigenvalue weighted by atomic mass is 9.83. The summed E-state index contributed by atoms with van der Waals surface area (Å²) < 4.78 is 0. The number of β-lactam (4-membered cyclic amide) rings is 1. The first kappa shape index (κ1) is 8.46. The lowest BCUT2D eigenvalue weighted by molar-refractivity contribution is -0.149. The highest BCUT2D eigenvalue weighted by Crippen LogP contribution is 2.30. The maximum absolute atomic E-state index is 11.3. The third kappa shape index (κ3) is 1.22. The predicted octanol–water partition coefficient (Wildman–Crippen LogP) is 0.359. The van der Waals surface area contributed by atoms with E-state index in [1.807, 2.05) is 13.8 Å². The molecule has 0 bridgehead atoms. The van der Waals surface area contributed by atoms with Crippen molar-refractivity contribution in [3.63, 3.8) is 0 Å². The molecule has 0 aromatic heterocycles. The number of thiocarbonyl (C=S) groups is 1. The summed E-state index contributed by atoms with van der Waals surface area (Å²) in [4.78, 5) is 12.9. The standard InChI is InChI=1S/C7H12N2OS/c1-7(2)4-9(5(7)10)6(11)8-3/h4H2,1-3H3,(H,8,11). The highest BCUT2D eigenvalue weighted by Gasteiger charge is 2.45. The minimum Gasteiger partial charge on any atom is -0.365 e. The molecule has 1 saturated heterocycles. The number of likely N-dealkylation sites (tertiary alicyclic amines) is 1. The molecule has 1 aliphatic rings. The molecule has 0 aromatic rings. The van der Waals surface area contributed by atoms with Crippen molar-refractivity contribution < 1.29 is 4.79 Å². The van der Waals surface area contributed by atoms with E-state index in [0.717, 1.165) is 6.54 Å². The molecule has 0 aliphatic carbocycles. The molecule has 4 heteroatoms. The van der Waals surface area contributed by atoms with E-state index in [-0.39, 0.29) is 11.3 Å². The van der Waals surface area contributed by atoms with Gasteiger partial charge in [0.15, 0.2) is 5.11 Å². The van der Waals surface area contributed by atoms with Crippen LogP contribution in [0.3, 0.4) is 0 Å². The summed E-state index contributed by atoms with van der Waals surface area (Å²) in [7, 11) is 1.72. The van der Waals surface area contributed by atoms with Crippen LogP contribution >= 0.6 is 12.2 Å². The molecule has 1 N–H and O–H groups in total. The Balaban J connectivity index is 2.59. The Morgan fingerprint density at radius 1 is 1.73 bits per heavy atom. The van der Waals surface area contributed by atoms with Crippen LogP contribution in [-0.2, 0) is 4.79 Å². The number of hydrogen-bond acceptors (Lipinski definition) is 2. The summed E-state index contributed by atoms with van der Waals surface area (Å²) in [5.41, 5.74) is -0.207. The summed E-state index contributed by atoms with van der Waals surface area (Å²) in [5, 5.41) is 3.29. The first-order chi connectivity index (χ1) is 4.99. The third-order valence-electron chi connectivity index (χ3n) is 1.84. The fraction of sp³-hybridized carbons (Fsp3) is 0.714. The van der Waals surface area contributed by atoms with Gasteiger partial charge in [-0.1, -0.05) is 0 Å². The zero-order chi connectivity index (χ0) is 8.65. The Morgan fingerprint density at radius 3 is 2.55 bits per heavy atom. The number of nitrogens with one attached hydrogen (secondary N) is 1. The largest absolute Gasteiger partial charge is 0.365 e. The van der Waals surface area contributed by atoms with Gasteiger partial charge in [-0.25, -0.2) is 0 Å². The Kier molecular flexibility index (Phi) is 1.88. The van der Waals surface area contributed by atoms with E-state index in [2.05, 4.69) is 5.32 Å². The zero-order valence-corrected chi connectivity index (χ0v) is 7.79. The number of hydrogen-bond donors (Lipinski definition) is 1. The predicted molar refractivity (Wildman–Crippen MR) is 47.2 cm³/mol. The monoisotopic (exact) mass is 172 g/mol. The summed E-state index contributed by atoms with van der Waals surface area (Å²) in [6, 6.07) is 0. The first-order valence-corrected chi connectivity index (χ1v) is 3.93. The van der Waals surface area contributed by atoms with Gasteiger partial charge >= 0.3 is 0 Å². The second-order valence-corrected chi connectivity index (χ2v) is 3.72. The molecule has 11 heavy (non-hydrogen) atoms. The van der Waals surface area contributed by atoms with Gasteiger partial charge in [0.05, 0.1) is 5.41 Å². The van der Waals surface area contributed by atoms with Gasteiger partial charge in [-0.05, 0) is 26.1 Å². The molecule has 3 nitrogen and oxygen atoms in total. The minimum atomic E-state index is -0.207. The Morgan fingerprint density at radius 2 is 2.27 bits per heavy atom. The zero-order valence-electron chi connectivity index (χ0n) is 6.97. The van der Waals surface area contributed by atoms with Gasteiger partial charge in [-0.3, -0.25) is 9.69 Å². The van der Waals surface area contributed by atoms with Crippen molar-refractivity contribution >= 4 is 23.2 Å². The van der Waals surface area contributed by atoms with Crippen molar-refractivity contribution in [3.05, 3.63) is 0 Å². The third-order valence-corrected chi connectivity index (χ3v) is 2.26. The van der Waals surface area contributed by atoms with Gasteiger partial charge in [0, 0.05) is 13.6 Å². The summed E-state index contributed by atoms with van der Waals surface area (Å²) >= 11 is 4.90. The molecule has 0 radical (unpaired) electrons. The molecule has 0 aromatic carbocycles. The van der Waals surface area contributed by atoms with E-state index >= 15 is 0 Å². The van der Waals surface area contributed by atoms with Crippen molar-refractivity contribution in [2.24, 2.45) is 5.41 Å². The maximum atomic E-state index is 11.3. The second kappa shape index (κ2) is 2.44. The van der Waals surface area contributed by atoms with Crippen molar-refractivity contribution in [1.82, 2.24) is 10.2 Å². The van der Waals surface area contributed by atoms with E-state index in [0.29, 0.717) is 5.11 Å². The van der Waals surface area contributed by atoms with Gasteiger partial charge in [0.25, 0.3) is 0 Å². The number of nitrogens with zero attached hydrogens (tertiary/aromatic N) is 1. The summed E-state index contributed by atoms with van der Waals surface area (Å²) in [5.74, 6) is 0.108. The normalized spacial score (nSPS) is 21.0. The summed E-state index contributed by atoms with van der Waals surface area (Å²) in [6.07, 6.45) is 0. The van der Waals surface area contributed by atoms with Crippen LogP contribution in [0.1, 0.15) is 13.8 Å². The van der Waals surface area contributed by atoms with E-state index < -0.39 is 0 Å². The molecule has 1 heterocycles. The van der Waals surface area contributed by atoms with Gasteiger partial charge in [0.1, 0.15) is 0 Å². The Hall–Kier alpha value is -0.640. The SMILES string of the molecule is CNC(=S)N1CC(C)(C)C1=O. The molecule has 1 aliphatic heterocycles. The van der Waals surface area contributed by atoms with Crippen molar-refractivity contribution in [2.75, 3.05) is 13.6 Å². The van der Waals surface area contributed by atoms with Crippen LogP contribution in [0.15, 0.2) is 0 Å². The van der Waals surface area contributed by atoms with Gasteiger partial charge < -0.3 is 5.32 Å².